The Balaban J connectivity index is 1.18. The molecule has 0 radical (unpaired) electrons. The van der Waals surface area contributed by atoms with E-state index in [4.69, 9.17) is 11.6 Å². The zero-order valence-corrected chi connectivity index (χ0v) is 18.7. The Morgan fingerprint density at radius 2 is 1.78 bits per heavy atom. The third kappa shape index (κ3) is 5.58. The first-order chi connectivity index (χ1) is 15.5. The summed E-state index contributed by atoms with van der Waals surface area (Å²) in [6.07, 6.45) is 1.07. The maximum Gasteiger partial charge on any atom is 0.255 e. The molecular weight excluding hydrogens is 431 g/mol. The highest BCUT2D eigenvalue weighted by Crippen LogP contribution is 2.23. The molecule has 1 N–H and O–H groups in total. The van der Waals surface area contributed by atoms with E-state index in [2.05, 4.69) is 27.2 Å². The fourth-order valence-electron chi connectivity index (χ4n) is 4.33. The van der Waals surface area contributed by atoms with E-state index in [9.17, 15) is 14.0 Å². The number of rotatable bonds is 6. The lowest BCUT2D eigenvalue weighted by Gasteiger charge is -2.34. The van der Waals surface area contributed by atoms with Gasteiger partial charge in [-0.2, -0.15) is 0 Å². The zero-order chi connectivity index (χ0) is 22.5. The van der Waals surface area contributed by atoms with Crippen molar-refractivity contribution in [3.05, 3.63) is 64.9 Å². The SMILES string of the molecule is O=C(CN1CCN(C(=O)c2ccc(F)cc2Cl)CC1)NCC1CCN(c2ccccc2)C1. The summed E-state index contributed by atoms with van der Waals surface area (Å²) in [4.78, 5) is 31.2. The van der Waals surface area contributed by atoms with Crippen molar-refractivity contribution in [1.29, 1.82) is 0 Å². The molecule has 6 nitrogen and oxygen atoms in total. The molecule has 2 heterocycles. The molecule has 0 bridgehead atoms. The molecule has 0 aliphatic carbocycles. The highest BCUT2D eigenvalue weighted by molar-refractivity contribution is 6.33. The standard InChI is InChI=1S/C24H28ClFN4O2/c25-22-14-19(26)6-7-21(22)24(32)29-12-10-28(11-13-29)17-23(31)27-15-18-8-9-30(16-18)20-4-2-1-3-5-20/h1-7,14,18H,8-13,15-17H2,(H,27,31). The van der Waals surface area contributed by atoms with E-state index in [1.54, 1.807) is 4.90 Å². The Labute approximate surface area is 192 Å². The summed E-state index contributed by atoms with van der Waals surface area (Å²) in [5, 5.41) is 3.20. The molecule has 2 aliphatic heterocycles. The number of para-hydroxylation sites is 1. The summed E-state index contributed by atoms with van der Waals surface area (Å²) in [7, 11) is 0. The number of carbonyl (C=O) groups excluding carboxylic acids is 2. The van der Waals surface area contributed by atoms with Gasteiger partial charge in [-0.05, 0) is 42.7 Å². The summed E-state index contributed by atoms with van der Waals surface area (Å²) in [5.74, 6) is -0.199. The van der Waals surface area contributed by atoms with E-state index in [-0.39, 0.29) is 16.8 Å². The molecule has 0 aromatic heterocycles. The van der Waals surface area contributed by atoms with E-state index in [0.717, 1.165) is 25.6 Å². The lowest BCUT2D eigenvalue weighted by atomic mass is 10.1. The first kappa shape index (κ1) is 22.6. The predicted molar refractivity (Wildman–Crippen MR) is 124 cm³/mol. The van der Waals surface area contributed by atoms with Crippen LogP contribution in [0.2, 0.25) is 5.02 Å². The normalized spacial score (nSPS) is 19.2. The maximum absolute atomic E-state index is 13.2. The van der Waals surface area contributed by atoms with Crippen LogP contribution in [0.1, 0.15) is 16.8 Å². The first-order valence-corrected chi connectivity index (χ1v) is 11.4. The number of anilines is 1. The molecule has 0 saturated carbocycles. The molecule has 2 aromatic rings. The summed E-state index contributed by atoms with van der Waals surface area (Å²) in [6.45, 7) is 5.23. The van der Waals surface area contributed by atoms with Gasteiger partial charge in [-0.1, -0.05) is 29.8 Å². The van der Waals surface area contributed by atoms with Crippen molar-refractivity contribution in [3.8, 4) is 0 Å². The monoisotopic (exact) mass is 458 g/mol. The fourth-order valence-corrected chi connectivity index (χ4v) is 4.58. The van der Waals surface area contributed by atoms with Gasteiger partial charge in [-0.3, -0.25) is 14.5 Å². The number of nitrogens with zero attached hydrogens (tertiary/aromatic N) is 3. The van der Waals surface area contributed by atoms with Gasteiger partial charge in [0.05, 0.1) is 17.1 Å². The number of amides is 2. The minimum Gasteiger partial charge on any atom is -0.371 e. The van der Waals surface area contributed by atoms with Crippen molar-refractivity contribution in [2.75, 3.05) is 57.3 Å². The van der Waals surface area contributed by atoms with E-state index in [0.29, 0.717) is 50.7 Å². The highest BCUT2D eigenvalue weighted by Gasteiger charge is 2.26. The molecule has 2 fully saturated rings. The fraction of sp³-hybridized carbons (Fsp3) is 0.417. The van der Waals surface area contributed by atoms with Crippen molar-refractivity contribution < 1.29 is 14.0 Å². The molecule has 2 aliphatic rings. The van der Waals surface area contributed by atoms with Crippen LogP contribution in [-0.2, 0) is 4.79 Å². The van der Waals surface area contributed by atoms with Gasteiger partial charge in [0, 0.05) is 51.5 Å². The van der Waals surface area contributed by atoms with Gasteiger partial charge >= 0.3 is 0 Å². The van der Waals surface area contributed by atoms with Crippen LogP contribution in [0.25, 0.3) is 0 Å². The van der Waals surface area contributed by atoms with Crippen molar-refractivity contribution in [2.24, 2.45) is 5.92 Å². The summed E-state index contributed by atoms with van der Waals surface area (Å²) < 4.78 is 13.2. The molecule has 2 amide bonds. The molecule has 32 heavy (non-hydrogen) atoms. The van der Waals surface area contributed by atoms with Crippen LogP contribution < -0.4 is 10.2 Å². The number of nitrogens with one attached hydrogen (secondary N) is 1. The second kappa shape index (κ2) is 10.3. The van der Waals surface area contributed by atoms with Gasteiger partial charge in [0.15, 0.2) is 0 Å². The van der Waals surface area contributed by atoms with Crippen LogP contribution >= 0.6 is 11.6 Å². The number of halogens is 2. The maximum atomic E-state index is 13.2. The van der Waals surface area contributed by atoms with Gasteiger partial charge in [-0.15, -0.1) is 0 Å². The van der Waals surface area contributed by atoms with Crippen LogP contribution in [0.3, 0.4) is 0 Å². The highest BCUT2D eigenvalue weighted by atomic mass is 35.5. The van der Waals surface area contributed by atoms with E-state index in [1.807, 2.05) is 18.2 Å². The Morgan fingerprint density at radius 1 is 1.03 bits per heavy atom. The number of hydrogen-bond donors (Lipinski definition) is 1. The van der Waals surface area contributed by atoms with Gasteiger partial charge in [-0.25, -0.2) is 4.39 Å². The number of piperazine rings is 1. The van der Waals surface area contributed by atoms with Gasteiger partial charge in [0.25, 0.3) is 5.91 Å². The molecule has 1 atom stereocenters. The number of hydrogen-bond acceptors (Lipinski definition) is 4. The Kier molecular flexibility index (Phi) is 7.27. The molecule has 2 saturated heterocycles. The Morgan fingerprint density at radius 3 is 2.50 bits per heavy atom. The quantitative estimate of drug-likeness (QED) is 0.723. The predicted octanol–water partition coefficient (Wildman–Crippen LogP) is 2.88. The van der Waals surface area contributed by atoms with Crippen molar-refractivity contribution in [3.63, 3.8) is 0 Å². The summed E-state index contributed by atoms with van der Waals surface area (Å²) in [5.41, 5.74) is 1.54. The average Bonchev–Trinajstić information content (AvgIpc) is 3.28. The van der Waals surface area contributed by atoms with Gasteiger partial charge in [0.2, 0.25) is 5.91 Å². The lowest BCUT2D eigenvalue weighted by Crippen LogP contribution is -2.51. The molecule has 1 unspecified atom stereocenters. The third-order valence-corrected chi connectivity index (χ3v) is 6.50. The van der Waals surface area contributed by atoms with Crippen molar-refractivity contribution in [1.82, 2.24) is 15.1 Å². The van der Waals surface area contributed by atoms with Crippen LogP contribution in [0.4, 0.5) is 10.1 Å². The number of carbonyl (C=O) groups is 2. The molecule has 0 spiro atoms. The van der Waals surface area contributed by atoms with E-state index in [1.165, 1.54) is 17.8 Å². The third-order valence-electron chi connectivity index (χ3n) is 6.18. The Hall–Kier alpha value is -2.64. The average molecular weight is 459 g/mol. The second-order valence-electron chi connectivity index (χ2n) is 8.43. The lowest BCUT2D eigenvalue weighted by molar-refractivity contribution is -0.122. The largest absolute Gasteiger partial charge is 0.371 e. The molecule has 8 heteroatoms. The molecule has 170 valence electrons. The second-order valence-corrected chi connectivity index (χ2v) is 8.84. The van der Waals surface area contributed by atoms with E-state index < -0.39 is 5.82 Å². The van der Waals surface area contributed by atoms with Gasteiger partial charge in [0.1, 0.15) is 5.82 Å². The number of benzene rings is 2. The summed E-state index contributed by atoms with van der Waals surface area (Å²) in [6, 6.07) is 14.2. The zero-order valence-electron chi connectivity index (χ0n) is 18.0. The van der Waals surface area contributed by atoms with Gasteiger partial charge < -0.3 is 15.1 Å². The first-order valence-electron chi connectivity index (χ1n) is 11.0. The topological polar surface area (TPSA) is 55.9 Å². The van der Waals surface area contributed by atoms with E-state index >= 15 is 0 Å². The summed E-state index contributed by atoms with van der Waals surface area (Å²) >= 11 is 6.02. The minimum atomic E-state index is -0.465. The Bertz CT molecular complexity index is 950. The molecule has 4 rings (SSSR count). The van der Waals surface area contributed by atoms with Crippen LogP contribution in [0, 0.1) is 11.7 Å². The van der Waals surface area contributed by atoms with Crippen molar-refractivity contribution >= 4 is 29.1 Å². The van der Waals surface area contributed by atoms with Crippen LogP contribution in [0.15, 0.2) is 48.5 Å². The molecule has 2 aromatic carbocycles. The molecular formula is C24H28ClFN4O2. The minimum absolute atomic E-state index is 0.0181. The van der Waals surface area contributed by atoms with Crippen LogP contribution in [0.5, 0.6) is 0 Å². The van der Waals surface area contributed by atoms with Crippen LogP contribution in [-0.4, -0.2) is 74.0 Å². The van der Waals surface area contributed by atoms with Crippen molar-refractivity contribution in [2.45, 2.75) is 6.42 Å². The smallest absolute Gasteiger partial charge is 0.255 e.